The molecule has 0 aliphatic rings. The molecular weight excluding hydrogens is 299 g/mol. The number of rotatable bonds is 11. The van der Waals surface area contributed by atoms with Gasteiger partial charge < -0.3 is 21.7 Å². The van der Waals surface area contributed by atoms with Gasteiger partial charge in [0.1, 0.15) is 0 Å². The van der Waals surface area contributed by atoms with Crippen molar-refractivity contribution in [3.05, 3.63) is 0 Å². The van der Waals surface area contributed by atoms with Gasteiger partial charge in [-0.25, -0.2) is 0 Å². The fourth-order valence-electron chi connectivity index (χ4n) is 2.11. The minimum atomic E-state index is -0.904. The summed E-state index contributed by atoms with van der Waals surface area (Å²) in [4.78, 5) is 0. The van der Waals surface area contributed by atoms with Gasteiger partial charge >= 0.3 is 0 Å². The number of aliphatic hydroxyl groups is 2. The first-order valence-corrected chi connectivity index (χ1v) is 7.41. The summed E-state index contributed by atoms with van der Waals surface area (Å²) in [5.41, 5.74) is 11.8. The molecule has 6 N–H and O–H groups in total. The van der Waals surface area contributed by atoms with Gasteiger partial charge in [-0.3, -0.25) is 0 Å². The Bertz CT molecular complexity index is 180. The summed E-state index contributed by atoms with van der Waals surface area (Å²) in [6.07, 6.45) is 6.14. The topological polar surface area (TPSA) is 92.5 Å². The summed E-state index contributed by atoms with van der Waals surface area (Å²) in [7, 11) is 0. The van der Waals surface area contributed by atoms with E-state index in [0.29, 0.717) is 0 Å². The minimum Gasteiger partial charge on any atom is -0.389 e. The van der Waals surface area contributed by atoms with Crippen molar-refractivity contribution in [2.45, 2.75) is 89.5 Å². The van der Waals surface area contributed by atoms with Crippen LogP contribution in [-0.2, 0) is 0 Å². The van der Waals surface area contributed by atoms with Crippen molar-refractivity contribution in [3.63, 3.8) is 0 Å². The summed E-state index contributed by atoms with van der Waals surface area (Å²) >= 11 is 0. The van der Waals surface area contributed by atoms with Gasteiger partial charge in [-0.05, 0) is 12.8 Å². The zero-order valence-corrected chi connectivity index (χ0v) is 14.5. The first kappa shape index (κ1) is 25.4. The fourth-order valence-corrected chi connectivity index (χ4v) is 2.11. The van der Waals surface area contributed by atoms with Crippen LogP contribution in [0.4, 0.5) is 0 Å². The van der Waals surface area contributed by atoms with E-state index >= 15 is 0 Å². The van der Waals surface area contributed by atoms with Gasteiger partial charge in [0.15, 0.2) is 0 Å². The van der Waals surface area contributed by atoms with E-state index in [1.807, 2.05) is 0 Å². The molecule has 0 radical (unpaired) electrons. The van der Waals surface area contributed by atoms with Crippen LogP contribution < -0.4 is 11.5 Å². The molecule has 0 heterocycles. The van der Waals surface area contributed by atoms with E-state index in [-0.39, 0.29) is 36.9 Å². The summed E-state index contributed by atoms with van der Waals surface area (Å²) in [6, 6.07) is -0.743. The van der Waals surface area contributed by atoms with Crippen LogP contribution in [0.2, 0.25) is 0 Å². The first-order chi connectivity index (χ1) is 8.54. The maximum atomic E-state index is 9.96. The third kappa shape index (κ3) is 11.1. The lowest BCUT2D eigenvalue weighted by Gasteiger charge is -2.28. The van der Waals surface area contributed by atoms with Crippen molar-refractivity contribution in [1.29, 1.82) is 0 Å². The smallest absolute Gasteiger partial charge is 0.0964 e. The van der Waals surface area contributed by atoms with Crippen LogP contribution >= 0.6 is 24.8 Å². The maximum absolute atomic E-state index is 9.96. The van der Waals surface area contributed by atoms with Gasteiger partial charge in [0.2, 0.25) is 0 Å². The molecule has 0 amide bonds. The van der Waals surface area contributed by atoms with E-state index < -0.39 is 12.2 Å². The Labute approximate surface area is 136 Å². The van der Waals surface area contributed by atoms with Crippen LogP contribution in [0, 0.1) is 0 Å². The predicted molar refractivity (Wildman–Crippen MR) is 90.7 cm³/mol. The second-order valence-electron chi connectivity index (χ2n) is 5.30. The van der Waals surface area contributed by atoms with E-state index in [1.165, 1.54) is 0 Å². The summed E-state index contributed by atoms with van der Waals surface area (Å²) in [6.45, 7) is 4.25. The van der Waals surface area contributed by atoms with E-state index in [0.717, 1.165) is 51.4 Å². The molecular formula is C14H34Cl2N2O2. The fraction of sp³-hybridized carbons (Fsp3) is 1.00. The Hall–Kier alpha value is 0.420. The van der Waals surface area contributed by atoms with Crippen molar-refractivity contribution >= 4 is 24.8 Å². The average molecular weight is 333 g/mol. The molecule has 126 valence electrons. The van der Waals surface area contributed by atoms with Crippen LogP contribution in [0.25, 0.3) is 0 Å². The number of hydrogen-bond donors (Lipinski definition) is 4. The highest BCUT2D eigenvalue weighted by Gasteiger charge is 2.27. The number of aliphatic hydroxyl groups excluding tert-OH is 2. The van der Waals surface area contributed by atoms with E-state index in [9.17, 15) is 10.2 Å². The molecule has 4 nitrogen and oxygen atoms in total. The van der Waals surface area contributed by atoms with Crippen molar-refractivity contribution in [1.82, 2.24) is 0 Å². The Morgan fingerprint density at radius 2 is 1.00 bits per heavy atom. The van der Waals surface area contributed by atoms with E-state index in [1.54, 1.807) is 0 Å². The third-order valence-corrected chi connectivity index (χ3v) is 3.51. The molecule has 0 aromatic rings. The highest BCUT2D eigenvalue weighted by atomic mass is 35.5. The van der Waals surface area contributed by atoms with Crippen LogP contribution in [0.1, 0.15) is 65.2 Å². The SMILES string of the molecule is CCCCC[C@H](N)[C@@H](O)[C@H](O)[C@@H](N)CCCCC.Cl.Cl. The largest absolute Gasteiger partial charge is 0.389 e. The van der Waals surface area contributed by atoms with Gasteiger partial charge in [0, 0.05) is 12.1 Å². The lowest BCUT2D eigenvalue weighted by Crippen LogP contribution is -2.51. The Kier molecular flexibility index (Phi) is 20.1. The molecule has 0 aliphatic carbocycles. The predicted octanol–water partition coefficient (Wildman–Crippen LogP) is 2.37. The highest BCUT2D eigenvalue weighted by Crippen LogP contribution is 2.12. The zero-order chi connectivity index (χ0) is 14.0. The van der Waals surface area contributed by atoms with Gasteiger partial charge in [-0.2, -0.15) is 0 Å². The van der Waals surface area contributed by atoms with Crippen molar-refractivity contribution in [3.8, 4) is 0 Å². The van der Waals surface area contributed by atoms with Gasteiger partial charge in [0.05, 0.1) is 12.2 Å². The van der Waals surface area contributed by atoms with Crippen molar-refractivity contribution < 1.29 is 10.2 Å². The van der Waals surface area contributed by atoms with Crippen molar-refractivity contribution in [2.75, 3.05) is 0 Å². The van der Waals surface area contributed by atoms with Gasteiger partial charge in [-0.15, -0.1) is 24.8 Å². The van der Waals surface area contributed by atoms with E-state index in [4.69, 9.17) is 11.5 Å². The zero-order valence-electron chi connectivity index (χ0n) is 12.8. The van der Waals surface area contributed by atoms with Crippen molar-refractivity contribution in [2.24, 2.45) is 11.5 Å². The molecule has 0 saturated carbocycles. The molecule has 0 rings (SSSR count). The third-order valence-electron chi connectivity index (χ3n) is 3.51. The minimum absolute atomic E-state index is 0. The Morgan fingerprint density at radius 1 is 0.700 bits per heavy atom. The lowest BCUT2D eigenvalue weighted by atomic mass is 9.93. The van der Waals surface area contributed by atoms with Crippen LogP contribution in [0.3, 0.4) is 0 Å². The molecule has 0 spiro atoms. The first-order valence-electron chi connectivity index (χ1n) is 7.41. The molecule has 0 saturated heterocycles. The molecule has 0 aromatic heterocycles. The van der Waals surface area contributed by atoms with Crippen LogP contribution in [-0.4, -0.2) is 34.5 Å². The standard InChI is InChI=1S/C14H32N2O2.2ClH/c1-3-5-7-9-11(15)13(17)14(18)12(16)10-8-6-4-2;;/h11-14,17-18H,3-10,15-16H2,1-2H3;2*1H/t11-,12-,13+,14+;;/m0../s1. The maximum Gasteiger partial charge on any atom is 0.0964 e. The Balaban J connectivity index is -0.00000144. The lowest BCUT2D eigenvalue weighted by molar-refractivity contribution is -0.0134. The molecule has 0 aromatic carbocycles. The molecule has 4 atom stereocenters. The normalized spacial score (nSPS) is 16.5. The number of halogens is 2. The second kappa shape index (κ2) is 15.8. The molecule has 6 heteroatoms. The summed E-state index contributed by atoms with van der Waals surface area (Å²) in [5, 5.41) is 19.9. The quantitative estimate of drug-likeness (QED) is 0.437. The highest BCUT2D eigenvalue weighted by molar-refractivity contribution is 5.85. The molecule has 0 bridgehead atoms. The molecule has 0 aliphatic heterocycles. The molecule has 20 heavy (non-hydrogen) atoms. The van der Waals surface area contributed by atoms with Crippen LogP contribution in [0.15, 0.2) is 0 Å². The molecule has 0 unspecified atom stereocenters. The van der Waals surface area contributed by atoms with Gasteiger partial charge in [0.25, 0.3) is 0 Å². The summed E-state index contributed by atoms with van der Waals surface area (Å²) in [5.74, 6) is 0. The second-order valence-corrected chi connectivity index (χ2v) is 5.30. The van der Waals surface area contributed by atoms with Gasteiger partial charge in [-0.1, -0.05) is 52.4 Å². The number of unbranched alkanes of at least 4 members (excludes halogenated alkanes) is 4. The number of hydrogen-bond acceptors (Lipinski definition) is 4. The Morgan fingerprint density at radius 3 is 1.25 bits per heavy atom. The monoisotopic (exact) mass is 332 g/mol. The molecule has 0 fully saturated rings. The average Bonchev–Trinajstić information content (AvgIpc) is 2.37. The number of nitrogens with two attached hydrogens (primary N) is 2. The van der Waals surface area contributed by atoms with E-state index in [2.05, 4.69) is 13.8 Å². The van der Waals surface area contributed by atoms with Crippen LogP contribution in [0.5, 0.6) is 0 Å². The summed E-state index contributed by atoms with van der Waals surface area (Å²) < 4.78 is 0.